The Bertz CT molecular complexity index is 512. The first-order chi connectivity index (χ1) is 9.27. The lowest BCUT2D eigenvalue weighted by Crippen LogP contribution is -2.52. The van der Waals surface area contributed by atoms with E-state index in [9.17, 15) is 9.59 Å². The molecule has 0 unspecified atom stereocenters. The van der Waals surface area contributed by atoms with E-state index in [0.29, 0.717) is 0 Å². The number of hydrogen-bond acceptors (Lipinski definition) is 2. The highest BCUT2D eigenvalue weighted by Gasteiger charge is 2.54. The smallest absolute Gasteiger partial charge is 0.323 e. The fourth-order valence-corrected chi connectivity index (χ4v) is 2.52. The van der Waals surface area contributed by atoms with Crippen molar-refractivity contribution in [2.75, 3.05) is 6.54 Å². The number of carbonyl (C=O) groups excluding carboxylic acids is 1. The predicted octanol–water partition coefficient (Wildman–Crippen LogP) is 2.43. The second kappa shape index (κ2) is 4.93. The molecule has 0 heterocycles. The molecule has 4 nitrogen and oxygen atoms in total. The van der Waals surface area contributed by atoms with Crippen molar-refractivity contribution >= 4 is 11.9 Å². The zero-order valence-electron chi connectivity index (χ0n) is 12.2. The molecule has 0 aliphatic heterocycles. The maximum atomic E-state index is 12.9. The van der Waals surface area contributed by atoms with E-state index in [-0.39, 0.29) is 12.5 Å². The van der Waals surface area contributed by atoms with E-state index in [1.165, 1.54) is 4.90 Å². The fraction of sp³-hybridized carbons (Fsp3) is 0.500. The van der Waals surface area contributed by atoms with Crippen LogP contribution in [0.4, 0.5) is 0 Å². The van der Waals surface area contributed by atoms with Gasteiger partial charge in [0.05, 0.1) is 5.41 Å². The molecule has 108 valence electrons. The van der Waals surface area contributed by atoms with E-state index >= 15 is 0 Å². The van der Waals surface area contributed by atoms with Crippen LogP contribution in [0.3, 0.4) is 0 Å². The van der Waals surface area contributed by atoms with Crippen LogP contribution in [0.2, 0.25) is 0 Å². The molecule has 4 heteroatoms. The zero-order valence-corrected chi connectivity index (χ0v) is 12.2. The highest BCUT2D eigenvalue weighted by Crippen LogP contribution is 2.50. The highest BCUT2D eigenvalue weighted by atomic mass is 16.4. The molecule has 2 rings (SSSR count). The SMILES string of the molecule is CC(C)(C)N(CC(=O)O)C(=O)C1(c2ccccc2)CC1. The third-order valence-corrected chi connectivity index (χ3v) is 3.83. The lowest BCUT2D eigenvalue weighted by molar-refractivity contribution is -0.149. The molecule has 1 amide bonds. The van der Waals surface area contributed by atoms with Crippen molar-refractivity contribution in [2.24, 2.45) is 0 Å². The fourth-order valence-electron chi connectivity index (χ4n) is 2.52. The van der Waals surface area contributed by atoms with Gasteiger partial charge in [-0.2, -0.15) is 0 Å². The van der Waals surface area contributed by atoms with Gasteiger partial charge in [-0.15, -0.1) is 0 Å². The third-order valence-electron chi connectivity index (χ3n) is 3.83. The maximum Gasteiger partial charge on any atom is 0.323 e. The van der Waals surface area contributed by atoms with Crippen LogP contribution >= 0.6 is 0 Å². The first-order valence-corrected chi connectivity index (χ1v) is 6.87. The monoisotopic (exact) mass is 275 g/mol. The van der Waals surface area contributed by atoms with Gasteiger partial charge < -0.3 is 10.0 Å². The van der Waals surface area contributed by atoms with Crippen molar-refractivity contribution in [3.05, 3.63) is 35.9 Å². The van der Waals surface area contributed by atoms with Crippen LogP contribution in [0.25, 0.3) is 0 Å². The van der Waals surface area contributed by atoms with Crippen molar-refractivity contribution in [3.8, 4) is 0 Å². The van der Waals surface area contributed by atoms with Gasteiger partial charge in [0, 0.05) is 5.54 Å². The minimum absolute atomic E-state index is 0.0707. The molecule has 1 aliphatic carbocycles. The summed E-state index contributed by atoms with van der Waals surface area (Å²) in [6.07, 6.45) is 1.59. The molecule has 1 saturated carbocycles. The Morgan fingerprint density at radius 2 is 1.75 bits per heavy atom. The van der Waals surface area contributed by atoms with Crippen molar-refractivity contribution in [2.45, 2.75) is 44.6 Å². The van der Waals surface area contributed by atoms with E-state index in [2.05, 4.69) is 0 Å². The van der Waals surface area contributed by atoms with Gasteiger partial charge in [0.1, 0.15) is 6.54 Å². The summed E-state index contributed by atoms with van der Waals surface area (Å²) >= 11 is 0. The number of aliphatic carboxylic acids is 1. The summed E-state index contributed by atoms with van der Waals surface area (Å²) < 4.78 is 0. The third kappa shape index (κ3) is 2.69. The molecule has 1 aromatic carbocycles. The second-order valence-electron chi connectivity index (χ2n) is 6.40. The summed E-state index contributed by atoms with van der Waals surface area (Å²) in [5.41, 5.74) is -0.0197. The normalized spacial score (nSPS) is 16.6. The summed E-state index contributed by atoms with van der Waals surface area (Å²) in [6.45, 7) is 5.36. The van der Waals surface area contributed by atoms with Crippen molar-refractivity contribution in [1.82, 2.24) is 4.90 Å². The summed E-state index contributed by atoms with van der Waals surface area (Å²) in [5.74, 6) is -1.05. The van der Waals surface area contributed by atoms with E-state index in [1.54, 1.807) is 0 Å². The molecule has 1 aliphatic rings. The average molecular weight is 275 g/mol. The van der Waals surface area contributed by atoms with Crippen molar-refractivity contribution in [1.29, 1.82) is 0 Å². The van der Waals surface area contributed by atoms with Gasteiger partial charge in [-0.1, -0.05) is 30.3 Å². The van der Waals surface area contributed by atoms with Crippen molar-refractivity contribution in [3.63, 3.8) is 0 Å². The number of nitrogens with zero attached hydrogens (tertiary/aromatic N) is 1. The Kier molecular flexibility index (Phi) is 3.59. The molecule has 1 fully saturated rings. The summed E-state index contributed by atoms with van der Waals surface area (Å²) in [5, 5.41) is 9.06. The Labute approximate surface area is 119 Å². The standard InChI is InChI=1S/C16H21NO3/c1-15(2,3)17(11-13(18)19)14(20)16(9-10-16)12-7-5-4-6-8-12/h4-8H,9-11H2,1-3H3,(H,18,19). The van der Waals surface area contributed by atoms with Gasteiger partial charge in [0.2, 0.25) is 5.91 Å². The number of rotatable bonds is 4. The predicted molar refractivity (Wildman–Crippen MR) is 76.5 cm³/mol. The summed E-state index contributed by atoms with van der Waals surface area (Å²) in [6, 6.07) is 9.66. The number of benzene rings is 1. The number of carboxylic acids is 1. The Hall–Kier alpha value is -1.84. The average Bonchev–Trinajstić information content (AvgIpc) is 3.16. The van der Waals surface area contributed by atoms with Crippen LogP contribution in [0.1, 0.15) is 39.2 Å². The largest absolute Gasteiger partial charge is 0.480 e. The van der Waals surface area contributed by atoms with Crippen LogP contribution < -0.4 is 0 Å². The second-order valence-corrected chi connectivity index (χ2v) is 6.40. The minimum Gasteiger partial charge on any atom is -0.480 e. The summed E-state index contributed by atoms with van der Waals surface area (Å²) in [7, 11) is 0. The summed E-state index contributed by atoms with van der Waals surface area (Å²) in [4.78, 5) is 25.4. The van der Waals surface area contributed by atoms with Gasteiger partial charge in [0.25, 0.3) is 0 Å². The first kappa shape index (κ1) is 14.6. The van der Waals surface area contributed by atoms with Crippen molar-refractivity contribution < 1.29 is 14.7 Å². The van der Waals surface area contributed by atoms with Crippen LogP contribution in [0.15, 0.2) is 30.3 Å². The van der Waals surface area contributed by atoms with E-state index in [0.717, 1.165) is 18.4 Å². The van der Waals surface area contributed by atoms with Crippen LogP contribution in [0.5, 0.6) is 0 Å². The van der Waals surface area contributed by atoms with E-state index < -0.39 is 16.9 Å². The molecular formula is C16H21NO3. The molecule has 1 aromatic rings. The topological polar surface area (TPSA) is 57.6 Å². The Balaban J connectivity index is 2.31. The van der Waals surface area contributed by atoms with Crippen LogP contribution in [0, 0.1) is 0 Å². The number of carbonyl (C=O) groups is 2. The maximum absolute atomic E-state index is 12.9. The molecule has 20 heavy (non-hydrogen) atoms. The molecule has 0 bridgehead atoms. The molecule has 0 saturated heterocycles. The molecule has 0 aromatic heterocycles. The number of carboxylic acid groups (broad SMARTS) is 1. The van der Waals surface area contributed by atoms with Gasteiger partial charge >= 0.3 is 5.97 Å². The van der Waals surface area contributed by atoms with Gasteiger partial charge in [0.15, 0.2) is 0 Å². The van der Waals surface area contributed by atoms with E-state index in [1.807, 2.05) is 51.1 Å². The van der Waals surface area contributed by atoms with Gasteiger partial charge in [-0.3, -0.25) is 9.59 Å². The molecule has 1 N–H and O–H groups in total. The molecular weight excluding hydrogens is 254 g/mol. The minimum atomic E-state index is -0.975. The van der Waals surface area contributed by atoms with E-state index in [4.69, 9.17) is 5.11 Å². The van der Waals surface area contributed by atoms with Crippen LogP contribution in [-0.4, -0.2) is 34.0 Å². The molecule has 0 radical (unpaired) electrons. The molecule has 0 spiro atoms. The van der Waals surface area contributed by atoms with Gasteiger partial charge in [-0.05, 0) is 39.2 Å². The quantitative estimate of drug-likeness (QED) is 0.918. The Morgan fingerprint density at radius 1 is 1.20 bits per heavy atom. The first-order valence-electron chi connectivity index (χ1n) is 6.87. The highest BCUT2D eigenvalue weighted by molar-refractivity contribution is 5.93. The lowest BCUT2D eigenvalue weighted by atomic mass is 9.92. The Morgan fingerprint density at radius 3 is 2.15 bits per heavy atom. The number of amides is 1. The lowest BCUT2D eigenvalue weighted by Gasteiger charge is -2.37. The molecule has 0 atom stereocenters. The van der Waals surface area contributed by atoms with Gasteiger partial charge in [-0.25, -0.2) is 0 Å². The number of hydrogen-bond donors (Lipinski definition) is 1. The van der Waals surface area contributed by atoms with Crippen LogP contribution in [-0.2, 0) is 15.0 Å². The zero-order chi connectivity index (χ0) is 15.0.